The van der Waals surface area contributed by atoms with Crippen molar-refractivity contribution >= 4 is 23.4 Å². The summed E-state index contributed by atoms with van der Waals surface area (Å²) in [6, 6.07) is 18.4. The van der Waals surface area contributed by atoms with Gasteiger partial charge in [0.25, 0.3) is 5.91 Å². The zero-order valence-corrected chi connectivity index (χ0v) is 23.3. The number of amides is 1. The Morgan fingerprint density at radius 2 is 1.79 bits per heavy atom. The molecule has 0 saturated carbocycles. The maximum atomic E-state index is 13.6. The first-order valence-corrected chi connectivity index (χ1v) is 13.4. The second kappa shape index (κ2) is 10.8. The van der Waals surface area contributed by atoms with Crippen molar-refractivity contribution in [3.8, 4) is 5.69 Å². The normalized spacial score (nSPS) is 14.6. The number of aromatic nitrogens is 5. The number of likely N-dealkylation sites (N-methyl/N-ethyl adjacent to an activating group) is 1. The van der Waals surface area contributed by atoms with Crippen LogP contribution in [0.3, 0.4) is 0 Å². The molecule has 0 fully saturated rings. The molecule has 39 heavy (non-hydrogen) atoms. The van der Waals surface area contributed by atoms with Crippen molar-refractivity contribution in [3.05, 3.63) is 83.8 Å². The minimum atomic E-state index is -0.121. The van der Waals surface area contributed by atoms with Gasteiger partial charge in [-0.15, -0.1) is 5.10 Å². The van der Waals surface area contributed by atoms with Crippen molar-refractivity contribution in [3.63, 3.8) is 0 Å². The summed E-state index contributed by atoms with van der Waals surface area (Å²) < 4.78 is 1.80. The number of nitrogens with zero attached hydrogens (tertiary/aromatic N) is 7. The Labute approximate surface area is 229 Å². The molecule has 1 unspecified atom stereocenters. The van der Waals surface area contributed by atoms with Gasteiger partial charge in [0.15, 0.2) is 0 Å². The molecule has 5 rings (SSSR count). The van der Waals surface area contributed by atoms with E-state index in [1.807, 2.05) is 55.4 Å². The minimum absolute atomic E-state index is 0.00499. The van der Waals surface area contributed by atoms with Crippen molar-refractivity contribution in [1.82, 2.24) is 25.0 Å². The second-order valence-electron chi connectivity index (χ2n) is 11.1. The standard InChI is InChI=1S/C30H36N8O/c1-6-31-29-32-19-24-27(33-29)36(5)15-16-37(28(24)39)22-13-10-14-23(18-22)38-20-26(34-35-38)25(30(2,3)4)17-21-11-8-7-9-12-21/h7-14,18-20,25H,6,15-17H2,1-5H3,(H,31,32,33). The zero-order chi connectivity index (χ0) is 27.6. The molecular weight excluding hydrogens is 488 g/mol. The fraction of sp³-hybridized carbons (Fsp3) is 0.367. The lowest BCUT2D eigenvalue weighted by atomic mass is 9.75. The van der Waals surface area contributed by atoms with E-state index >= 15 is 0 Å². The average Bonchev–Trinajstić information content (AvgIpc) is 3.37. The molecule has 9 nitrogen and oxygen atoms in total. The van der Waals surface area contributed by atoms with Crippen molar-refractivity contribution < 1.29 is 4.79 Å². The summed E-state index contributed by atoms with van der Waals surface area (Å²) in [7, 11) is 1.95. The topological polar surface area (TPSA) is 92.1 Å². The maximum Gasteiger partial charge on any atom is 0.263 e. The molecule has 0 radical (unpaired) electrons. The van der Waals surface area contributed by atoms with E-state index in [1.165, 1.54) is 5.56 Å². The lowest BCUT2D eigenvalue weighted by Gasteiger charge is -2.29. The van der Waals surface area contributed by atoms with E-state index in [1.54, 1.807) is 15.8 Å². The van der Waals surface area contributed by atoms with Crippen LogP contribution in [-0.2, 0) is 6.42 Å². The SMILES string of the molecule is CCNc1ncc2c(n1)N(C)CCN(c1cccc(-n3cc(C(Cc4ccccc4)C(C)(C)C)nn3)c1)C2=O. The van der Waals surface area contributed by atoms with Gasteiger partial charge in [-0.3, -0.25) is 4.79 Å². The number of anilines is 3. The molecule has 202 valence electrons. The fourth-order valence-corrected chi connectivity index (χ4v) is 4.98. The van der Waals surface area contributed by atoms with Gasteiger partial charge in [-0.2, -0.15) is 4.98 Å². The summed E-state index contributed by atoms with van der Waals surface area (Å²) in [5, 5.41) is 12.2. The molecular formula is C30H36N8O. The fourth-order valence-electron chi connectivity index (χ4n) is 4.98. The van der Waals surface area contributed by atoms with Crippen LogP contribution >= 0.6 is 0 Å². The summed E-state index contributed by atoms with van der Waals surface area (Å²) in [6.45, 7) is 10.6. The van der Waals surface area contributed by atoms with Gasteiger partial charge in [0, 0.05) is 44.5 Å². The highest BCUT2D eigenvalue weighted by molar-refractivity contribution is 6.09. The maximum absolute atomic E-state index is 13.6. The highest BCUT2D eigenvalue weighted by Gasteiger charge is 2.30. The minimum Gasteiger partial charge on any atom is -0.357 e. The molecule has 1 aliphatic rings. The third-order valence-electron chi connectivity index (χ3n) is 7.20. The molecule has 0 aliphatic carbocycles. The van der Waals surface area contributed by atoms with Crippen LogP contribution in [0.4, 0.5) is 17.5 Å². The van der Waals surface area contributed by atoms with Gasteiger partial charge in [0.05, 0.1) is 17.6 Å². The predicted molar refractivity (Wildman–Crippen MR) is 155 cm³/mol. The quantitative estimate of drug-likeness (QED) is 0.365. The smallest absolute Gasteiger partial charge is 0.263 e. The van der Waals surface area contributed by atoms with Gasteiger partial charge < -0.3 is 15.1 Å². The molecule has 2 aromatic heterocycles. The molecule has 3 heterocycles. The van der Waals surface area contributed by atoms with Crippen LogP contribution in [0.5, 0.6) is 0 Å². The largest absolute Gasteiger partial charge is 0.357 e. The number of carbonyl (C=O) groups excluding carboxylic acids is 1. The molecule has 0 bridgehead atoms. The van der Waals surface area contributed by atoms with E-state index < -0.39 is 0 Å². The van der Waals surface area contributed by atoms with Gasteiger partial charge in [-0.1, -0.05) is 62.4 Å². The van der Waals surface area contributed by atoms with E-state index in [0.717, 1.165) is 23.5 Å². The van der Waals surface area contributed by atoms with Gasteiger partial charge in [-0.05, 0) is 42.5 Å². The van der Waals surface area contributed by atoms with Crippen molar-refractivity contribution in [1.29, 1.82) is 0 Å². The number of nitrogens with one attached hydrogen (secondary N) is 1. The lowest BCUT2D eigenvalue weighted by molar-refractivity contribution is 0.0989. The number of hydrogen-bond acceptors (Lipinski definition) is 7. The van der Waals surface area contributed by atoms with Crippen LogP contribution in [0.1, 0.15) is 55.2 Å². The molecule has 2 aromatic carbocycles. The summed E-state index contributed by atoms with van der Waals surface area (Å²) in [5.41, 5.74) is 4.36. The second-order valence-corrected chi connectivity index (χ2v) is 11.1. The Hall–Kier alpha value is -4.27. The summed E-state index contributed by atoms with van der Waals surface area (Å²) in [4.78, 5) is 26.4. The molecule has 1 N–H and O–H groups in total. The number of rotatable bonds is 7. The molecule has 1 atom stereocenters. The van der Waals surface area contributed by atoms with Crippen LogP contribution in [0.25, 0.3) is 5.69 Å². The summed E-state index contributed by atoms with van der Waals surface area (Å²) in [6.07, 6.45) is 4.52. The Kier molecular flexibility index (Phi) is 7.32. The zero-order valence-electron chi connectivity index (χ0n) is 23.3. The lowest BCUT2D eigenvalue weighted by Crippen LogP contribution is -2.33. The van der Waals surface area contributed by atoms with Gasteiger partial charge >= 0.3 is 0 Å². The third-order valence-corrected chi connectivity index (χ3v) is 7.20. The number of carbonyl (C=O) groups is 1. The third kappa shape index (κ3) is 5.62. The first-order valence-electron chi connectivity index (χ1n) is 13.4. The van der Waals surface area contributed by atoms with Crippen LogP contribution in [0.15, 0.2) is 67.0 Å². The Morgan fingerprint density at radius 1 is 1.03 bits per heavy atom. The Morgan fingerprint density at radius 3 is 2.54 bits per heavy atom. The highest BCUT2D eigenvalue weighted by atomic mass is 16.2. The van der Waals surface area contributed by atoms with Crippen LogP contribution in [0.2, 0.25) is 0 Å². The van der Waals surface area contributed by atoms with Crippen LogP contribution < -0.4 is 15.1 Å². The van der Waals surface area contributed by atoms with Crippen molar-refractivity contribution in [2.75, 3.05) is 41.8 Å². The van der Waals surface area contributed by atoms with Crippen molar-refractivity contribution in [2.45, 2.75) is 40.0 Å². The first kappa shape index (κ1) is 26.3. The first-order chi connectivity index (χ1) is 18.7. The van der Waals surface area contributed by atoms with Gasteiger partial charge in [0.2, 0.25) is 5.95 Å². The molecule has 1 amide bonds. The van der Waals surface area contributed by atoms with Crippen LogP contribution in [-0.4, -0.2) is 57.6 Å². The van der Waals surface area contributed by atoms with E-state index in [9.17, 15) is 4.79 Å². The number of hydrogen-bond donors (Lipinski definition) is 1. The summed E-state index contributed by atoms with van der Waals surface area (Å²) in [5.74, 6) is 1.24. The monoisotopic (exact) mass is 524 g/mol. The van der Waals surface area contributed by atoms with Crippen LogP contribution in [0, 0.1) is 5.41 Å². The van der Waals surface area contributed by atoms with Crippen molar-refractivity contribution in [2.24, 2.45) is 5.41 Å². The number of fused-ring (bicyclic) bond motifs is 1. The van der Waals surface area contributed by atoms with Gasteiger partial charge in [0.1, 0.15) is 11.4 Å². The average molecular weight is 525 g/mol. The van der Waals surface area contributed by atoms with E-state index in [-0.39, 0.29) is 17.2 Å². The van der Waals surface area contributed by atoms with E-state index in [2.05, 4.69) is 70.6 Å². The molecule has 0 saturated heterocycles. The summed E-state index contributed by atoms with van der Waals surface area (Å²) >= 11 is 0. The van der Waals surface area contributed by atoms with E-state index in [0.29, 0.717) is 37.0 Å². The predicted octanol–water partition coefficient (Wildman–Crippen LogP) is 4.96. The van der Waals surface area contributed by atoms with E-state index in [4.69, 9.17) is 0 Å². The molecule has 4 aromatic rings. The Bertz CT molecular complexity index is 1440. The highest BCUT2D eigenvalue weighted by Crippen LogP contribution is 2.37. The molecule has 0 spiro atoms. The molecule has 9 heteroatoms. The molecule has 1 aliphatic heterocycles. The number of benzene rings is 2. The van der Waals surface area contributed by atoms with Gasteiger partial charge in [-0.25, -0.2) is 9.67 Å². The Balaban J connectivity index is 1.43.